The van der Waals surface area contributed by atoms with Gasteiger partial charge in [-0.2, -0.15) is 0 Å². The second-order valence-corrected chi connectivity index (χ2v) is 9.89. The zero-order valence-corrected chi connectivity index (χ0v) is 20.3. The highest BCUT2D eigenvalue weighted by atomic mass is 32.2. The molecular formula is C25H26N4OS2. The van der Waals surface area contributed by atoms with Crippen molar-refractivity contribution < 1.29 is 4.79 Å². The standard InChI is InChI=1S/C25H26N4OS2/c1-16-5-9-18(10-6-16)23-24(19-11-7-17(2)8-12-19)28-25(27-23)32-15-20-14-31-21(26-20)13-22(30)29(3)4/h5-12,14H,13,15H2,1-4H3,(H,27,28). The molecule has 32 heavy (non-hydrogen) atoms. The highest BCUT2D eigenvalue weighted by Gasteiger charge is 2.16. The quantitative estimate of drug-likeness (QED) is 0.356. The van der Waals surface area contributed by atoms with Crippen LogP contribution in [0.15, 0.2) is 59.1 Å². The first-order valence-corrected chi connectivity index (χ1v) is 12.3. The largest absolute Gasteiger partial charge is 0.348 e. The average Bonchev–Trinajstić information content (AvgIpc) is 3.40. The molecule has 164 valence electrons. The summed E-state index contributed by atoms with van der Waals surface area (Å²) in [5.74, 6) is 0.760. The van der Waals surface area contributed by atoms with Crippen molar-refractivity contribution in [2.45, 2.75) is 31.2 Å². The first-order chi connectivity index (χ1) is 15.4. The molecule has 4 aromatic rings. The average molecular weight is 463 g/mol. The van der Waals surface area contributed by atoms with E-state index in [1.54, 1.807) is 30.8 Å². The van der Waals surface area contributed by atoms with Crippen molar-refractivity contribution in [3.63, 3.8) is 0 Å². The van der Waals surface area contributed by atoms with Gasteiger partial charge in [-0.3, -0.25) is 4.79 Å². The maximum Gasteiger partial charge on any atom is 0.228 e. The van der Waals surface area contributed by atoms with E-state index in [2.05, 4.69) is 72.3 Å². The number of H-pyrrole nitrogens is 1. The Balaban J connectivity index is 1.56. The van der Waals surface area contributed by atoms with E-state index in [-0.39, 0.29) is 5.91 Å². The van der Waals surface area contributed by atoms with Crippen LogP contribution in [0.1, 0.15) is 21.8 Å². The number of hydrogen-bond acceptors (Lipinski definition) is 5. The van der Waals surface area contributed by atoms with Gasteiger partial charge in [0.1, 0.15) is 5.01 Å². The van der Waals surface area contributed by atoms with Crippen LogP contribution in [0, 0.1) is 13.8 Å². The lowest BCUT2D eigenvalue weighted by Gasteiger charge is -2.07. The second-order valence-electron chi connectivity index (χ2n) is 7.98. The Hall–Kier alpha value is -2.90. The molecule has 4 rings (SSSR count). The minimum absolute atomic E-state index is 0.0649. The lowest BCUT2D eigenvalue weighted by Crippen LogP contribution is -2.23. The number of aryl methyl sites for hydroxylation is 2. The molecule has 5 nitrogen and oxygen atoms in total. The number of carbonyl (C=O) groups excluding carboxylic acids is 1. The molecule has 0 radical (unpaired) electrons. The van der Waals surface area contributed by atoms with Gasteiger partial charge < -0.3 is 9.88 Å². The molecule has 0 saturated carbocycles. The number of aromatic nitrogens is 3. The van der Waals surface area contributed by atoms with E-state index in [9.17, 15) is 4.79 Å². The van der Waals surface area contributed by atoms with E-state index < -0.39 is 0 Å². The first kappa shape index (κ1) is 22.3. The van der Waals surface area contributed by atoms with E-state index in [4.69, 9.17) is 4.98 Å². The fourth-order valence-electron chi connectivity index (χ4n) is 3.20. The summed E-state index contributed by atoms with van der Waals surface area (Å²) in [5.41, 5.74) is 7.59. The Kier molecular flexibility index (Phi) is 6.77. The number of aromatic amines is 1. The van der Waals surface area contributed by atoms with Crippen molar-refractivity contribution in [3.8, 4) is 22.5 Å². The van der Waals surface area contributed by atoms with Crippen molar-refractivity contribution >= 4 is 29.0 Å². The van der Waals surface area contributed by atoms with Gasteiger partial charge in [0, 0.05) is 36.4 Å². The number of benzene rings is 2. The van der Waals surface area contributed by atoms with Gasteiger partial charge in [-0.1, -0.05) is 71.4 Å². The Morgan fingerprint density at radius 2 is 1.59 bits per heavy atom. The number of carbonyl (C=O) groups is 1. The molecule has 0 saturated heterocycles. The fraction of sp³-hybridized carbons (Fsp3) is 0.240. The lowest BCUT2D eigenvalue weighted by atomic mass is 10.0. The molecule has 2 heterocycles. The number of thiazole rings is 1. The zero-order chi connectivity index (χ0) is 22.7. The van der Waals surface area contributed by atoms with Crippen molar-refractivity contribution in [1.82, 2.24) is 19.9 Å². The monoisotopic (exact) mass is 462 g/mol. The van der Waals surface area contributed by atoms with Crippen LogP contribution in [0.4, 0.5) is 0 Å². The lowest BCUT2D eigenvalue weighted by molar-refractivity contribution is -0.127. The van der Waals surface area contributed by atoms with Crippen molar-refractivity contribution in [1.29, 1.82) is 0 Å². The number of rotatable bonds is 7. The van der Waals surface area contributed by atoms with Gasteiger partial charge in [0.2, 0.25) is 5.91 Å². The van der Waals surface area contributed by atoms with Gasteiger partial charge in [0.15, 0.2) is 5.16 Å². The third kappa shape index (κ3) is 5.29. The number of nitrogens with zero attached hydrogens (tertiary/aromatic N) is 3. The Morgan fingerprint density at radius 1 is 0.969 bits per heavy atom. The number of amides is 1. The van der Waals surface area contributed by atoms with Crippen LogP contribution in [-0.4, -0.2) is 39.9 Å². The van der Waals surface area contributed by atoms with Gasteiger partial charge >= 0.3 is 0 Å². The molecule has 1 N–H and O–H groups in total. The summed E-state index contributed by atoms with van der Waals surface area (Å²) in [5, 5.41) is 3.73. The molecule has 2 aromatic heterocycles. The number of imidazole rings is 1. The summed E-state index contributed by atoms with van der Waals surface area (Å²) in [4.78, 5) is 26.6. The summed E-state index contributed by atoms with van der Waals surface area (Å²) in [6.07, 6.45) is 0.345. The predicted molar refractivity (Wildman–Crippen MR) is 133 cm³/mol. The Morgan fingerprint density at radius 3 is 2.22 bits per heavy atom. The van der Waals surface area contributed by atoms with Crippen LogP contribution in [-0.2, 0) is 17.0 Å². The molecule has 0 spiro atoms. The van der Waals surface area contributed by atoms with E-state index in [1.807, 2.05) is 5.38 Å². The number of thioether (sulfide) groups is 1. The van der Waals surface area contributed by atoms with Gasteiger partial charge in [0.25, 0.3) is 0 Å². The van der Waals surface area contributed by atoms with Crippen LogP contribution < -0.4 is 0 Å². The molecule has 0 aliphatic carbocycles. The van der Waals surface area contributed by atoms with Crippen molar-refractivity contribution in [2.75, 3.05) is 14.1 Å². The summed E-state index contributed by atoms with van der Waals surface area (Å²) in [6.45, 7) is 4.18. The molecule has 0 atom stereocenters. The minimum atomic E-state index is 0.0649. The third-order valence-corrected chi connectivity index (χ3v) is 6.91. The summed E-state index contributed by atoms with van der Waals surface area (Å²) >= 11 is 3.16. The van der Waals surface area contributed by atoms with Crippen molar-refractivity contribution in [2.24, 2.45) is 0 Å². The van der Waals surface area contributed by atoms with Crippen LogP contribution in [0.25, 0.3) is 22.5 Å². The van der Waals surface area contributed by atoms with Gasteiger partial charge in [0.05, 0.1) is 23.5 Å². The van der Waals surface area contributed by atoms with Crippen molar-refractivity contribution in [3.05, 3.63) is 75.7 Å². The highest BCUT2D eigenvalue weighted by Crippen LogP contribution is 2.34. The predicted octanol–water partition coefficient (Wildman–Crippen LogP) is 5.74. The SMILES string of the molecule is Cc1ccc(-c2nc(SCc3csc(CC(=O)N(C)C)n3)[nH]c2-c2ccc(C)cc2)cc1. The smallest absolute Gasteiger partial charge is 0.228 e. The van der Waals surface area contributed by atoms with Gasteiger partial charge in [-0.05, 0) is 13.8 Å². The molecule has 0 aliphatic heterocycles. The first-order valence-electron chi connectivity index (χ1n) is 10.4. The zero-order valence-electron chi connectivity index (χ0n) is 18.7. The topological polar surface area (TPSA) is 61.9 Å². The van der Waals surface area contributed by atoms with Gasteiger partial charge in [-0.15, -0.1) is 11.3 Å². The number of hydrogen-bond donors (Lipinski definition) is 1. The molecule has 7 heteroatoms. The van der Waals surface area contributed by atoms with Crippen LogP contribution in [0.2, 0.25) is 0 Å². The summed E-state index contributed by atoms with van der Waals surface area (Å²) < 4.78 is 0. The maximum absolute atomic E-state index is 11.9. The molecule has 0 aliphatic rings. The van der Waals surface area contributed by atoms with Crippen LogP contribution in [0.3, 0.4) is 0 Å². The van der Waals surface area contributed by atoms with E-state index in [1.165, 1.54) is 22.5 Å². The Bertz CT molecular complexity index is 1140. The summed E-state index contributed by atoms with van der Waals surface area (Å²) in [6, 6.07) is 17.0. The normalized spacial score (nSPS) is 11.0. The summed E-state index contributed by atoms with van der Waals surface area (Å²) in [7, 11) is 3.53. The maximum atomic E-state index is 11.9. The molecule has 2 aromatic carbocycles. The minimum Gasteiger partial charge on any atom is -0.348 e. The molecule has 0 unspecified atom stereocenters. The molecule has 0 bridgehead atoms. The molecule has 0 fully saturated rings. The van der Waals surface area contributed by atoms with Crippen LogP contribution in [0.5, 0.6) is 0 Å². The molecular weight excluding hydrogens is 436 g/mol. The van der Waals surface area contributed by atoms with E-state index >= 15 is 0 Å². The highest BCUT2D eigenvalue weighted by molar-refractivity contribution is 7.98. The number of likely N-dealkylation sites (N-methyl/N-ethyl adjacent to an activating group) is 1. The second kappa shape index (κ2) is 9.71. The Labute approximate surface area is 196 Å². The fourth-order valence-corrected chi connectivity index (χ4v) is 4.85. The number of nitrogens with one attached hydrogen (secondary N) is 1. The van der Waals surface area contributed by atoms with E-state index in [0.29, 0.717) is 12.2 Å². The third-order valence-electron chi connectivity index (χ3n) is 5.10. The van der Waals surface area contributed by atoms with Crippen LogP contribution >= 0.6 is 23.1 Å². The molecule has 1 amide bonds. The van der Waals surface area contributed by atoms with E-state index in [0.717, 1.165) is 38.4 Å². The van der Waals surface area contributed by atoms with Gasteiger partial charge in [-0.25, -0.2) is 9.97 Å².